The Labute approximate surface area is 203 Å². The third kappa shape index (κ3) is 5.13. The Morgan fingerprint density at radius 3 is 2.76 bits per heavy atom. The first-order valence-corrected chi connectivity index (χ1v) is 12.7. The number of aromatic nitrogens is 3. The number of fused-ring (bicyclic) bond motifs is 2. The lowest BCUT2D eigenvalue weighted by atomic mass is 10.00. The summed E-state index contributed by atoms with van der Waals surface area (Å²) in [5.41, 5.74) is 3.53. The molecule has 9 nitrogen and oxygen atoms in total. The van der Waals surface area contributed by atoms with Crippen LogP contribution >= 0.6 is 11.5 Å². The fourth-order valence-electron chi connectivity index (χ4n) is 4.80. The molecule has 0 aliphatic carbocycles. The molecule has 3 N–H and O–H groups in total. The Bertz CT molecular complexity index is 1150. The van der Waals surface area contributed by atoms with Gasteiger partial charge in [-0.1, -0.05) is 24.3 Å². The Morgan fingerprint density at radius 1 is 1.18 bits per heavy atom. The van der Waals surface area contributed by atoms with E-state index in [1.165, 1.54) is 22.7 Å². The van der Waals surface area contributed by atoms with Gasteiger partial charge >= 0.3 is 0 Å². The number of hydrogen-bond acceptors (Lipinski definition) is 9. The Kier molecular flexibility index (Phi) is 6.89. The average Bonchev–Trinajstić information content (AvgIpc) is 3.27. The number of aliphatic hydroxyl groups is 1. The fourth-order valence-corrected chi connectivity index (χ4v) is 5.57. The number of hydrogen-bond donors (Lipinski definition) is 3. The molecule has 0 spiro atoms. The predicted molar refractivity (Wildman–Crippen MR) is 134 cm³/mol. The third-order valence-electron chi connectivity index (χ3n) is 6.72. The van der Waals surface area contributed by atoms with Crippen molar-refractivity contribution in [3.05, 3.63) is 41.7 Å². The maximum atomic E-state index is 11.6. The number of rotatable bonds is 7. The van der Waals surface area contributed by atoms with Crippen molar-refractivity contribution in [3.8, 4) is 0 Å². The predicted octanol–water partition coefficient (Wildman–Crippen LogP) is 2.34. The molecule has 1 amide bonds. The van der Waals surface area contributed by atoms with E-state index in [0.717, 1.165) is 61.5 Å². The number of benzene rings is 1. The van der Waals surface area contributed by atoms with E-state index < -0.39 is 6.10 Å². The van der Waals surface area contributed by atoms with Gasteiger partial charge in [0.05, 0.1) is 6.10 Å². The van der Waals surface area contributed by atoms with Crippen molar-refractivity contribution < 1.29 is 9.90 Å². The molecule has 2 aliphatic heterocycles. The van der Waals surface area contributed by atoms with Gasteiger partial charge < -0.3 is 20.6 Å². The van der Waals surface area contributed by atoms with Crippen molar-refractivity contribution in [1.82, 2.24) is 24.1 Å². The second kappa shape index (κ2) is 10.2. The smallest absolute Gasteiger partial charge is 0.219 e. The second-order valence-corrected chi connectivity index (χ2v) is 9.92. The van der Waals surface area contributed by atoms with Crippen molar-refractivity contribution in [2.24, 2.45) is 0 Å². The van der Waals surface area contributed by atoms with Gasteiger partial charge in [-0.15, -0.1) is 0 Å². The van der Waals surface area contributed by atoms with E-state index in [1.807, 2.05) is 4.90 Å². The molecule has 0 radical (unpaired) electrons. The number of anilines is 2. The minimum absolute atomic E-state index is 0.133. The van der Waals surface area contributed by atoms with Crippen LogP contribution in [-0.4, -0.2) is 80.0 Å². The monoisotopic (exact) mass is 481 g/mol. The Balaban J connectivity index is 1.16. The summed E-state index contributed by atoms with van der Waals surface area (Å²) in [6, 6.07) is 8.80. The van der Waals surface area contributed by atoms with Crippen LogP contribution in [0.1, 0.15) is 30.9 Å². The van der Waals surface area contributed by atoms with Crippen LogP contribution in [0.5, 0.6) is 0 Å². The van der Waals surface area contributed by atoms with Gasteiger partial charge in [0.15, 0.2) is 5.82 Å². The minimum Gasteiger partial charge on any atom is -0.390 e. The first kappa shape index (κ1) is 22.9. The molecule has 10 heteroatoms. The van der Waals surface area contributed by atoms with E-state index in [9.17, 15) is 9.90 Å². The molecule has 4 heterocycles. The summed E-state index contributed by atoms with van der Waals surface area (Å²) in [4.78, 5) is 24.6. The summed E-state index contributed by atoms with van der Waals surface area (Å²) >= 11 is 1.36. The van der Waals surface area contributed by atoms with Gasteiger partial charge in [-0.2, -0.15) is 4.37 Å². The standard InChI is InChI=1S/C24H31N7O2S/c1-16(32)31-10-7-19(8-11-31)28-24-22-21(26-15-27-24)23(29-34-22)25-12-20(33)14-30-9-6-17-4-2-3-5-18(17)13-30/h2-5,15,19-20,33H,6-14H2,1H3,(H,25,29)(H,26,27,28)/t20-/m0/s1. The summed E-state index contributed by atoms with van der Waals surface area (Å²) in [6.07, 6.45) is 3.85. The summed E-state index contributed by atoms with van der Waals surface area (Å²) in [5.74, 6) is 1.59. The number of carbonyl (C=O) groups excluding carboxylic acids is 1. The zero-order valence-electron chi connectivity index (χ0n) is 19.4. The number of amides is 1. The first-order valence-electron chi connectivity index (χ1n) is 11.9. The van der Waals surface area contributed by atoms with Crippen LogP contribution in [0.25, 0.3) is 10.2 Å². The molecular weight excluding hydrogens is 450 g/mol. The lowest BCUT2D eigenvalue weighted by Gasteiger charge is -2.31. The van der Waals surface area contributed by atoms with Crippen LogP contribution in [-0.2, 0) is 17.8 Å². The van der Waals surface area contributed by atoms with Gasteiger partial charge in [0, 0.05) is 52.2 Å². The molecule has 0 saturated carbocycles. The van der Waals surface area contributed by atoms with Crippen LogP contribution in [0.2, 0.25) is 0 Å². The summed E-state index contributed by atoms with van der Waals surface area (Å²) in [7, 11) is 0. The molecule has 2 aliphatic rings. The van der Waals surface area contributed by atoms with Crippen molar-refractivity contribution in [3.63, 3.8) is 0 Å². The lowest BCUT2D eigenvalue weighted by Crippen LogP contribution is -2.41. The number of β-amino-alcohol motifs (C(OH)–C–C–N with tert-alkyl or cyclic N) is 1. The summed E-state index contributed by atoms with van der Waals surface area (Å²) in [5, 5.41) is 17.5. The van der Waals surface area contributed by atoms with Crippen LogP contribution in [0.15, 0.2) is 30.6 Å². The number of nitrogens with one attached hydrogen (secondary N) is 2. The fraction of sp³-hybridized carbons (Fsp3) is 0.500. The van der Waals surface area contributed by atoms with Gasteiger partial charge in [0.2, 0.25) is 5.91 Å². The van der Waals surface area contributed by atoms with Crippen molar-refractivity contribution in [1.29, 1.82) is 0 Å². The summed E-state index contributed by atoms with van der Waals surface area (Å²) in [6.45, 7) is 6.00. The van der Waals surface area contributed by atoms with Gasteiger partial charge in [0.1, 0.15) is 22.4 Å². The number of carbonyl (C=O) groups is 1. The molecule has 1 fully saturated rings. The normalized spacial score (nSPS) is 18.0. The largest absolute Gasteiger partial charge is 0.390 e. The maximum Gasteiger partial charge on any atom is 0.219 e. The second-order valence-electron chi connectivity index (χ2n) is 9.14. The van der Waals surface area contributed by atoms with E-state index in [2.05, 4.69) is 54.1 Å². The topological polar surface area (TPSA) is 107 Å². The van der Waals surface area contributed by atoms with Gasteiger partial charge in [0.25, 0.3) is 0 Å². The van der Waals surface area contributed by atoms with Crippen LogP contribution < -0.4 is 10.6 Å². The summed E-state index contributed by atoms with van der Waals surface area (Å²) < 4.78 is 5.45. The Morgan fingerprint density at radius 2 is 1.97 bits per heavy atom. The molecule has 2 aromatic heterocycles. The molecule has 5 rings (SSSR count). The quantitative estimate of drug-likeness (QED) is 0.472. The lowest BCUT2D eigenvalue weighted by molar-refractivity contribution is -0.129. The van der Waals surface area contributed by atoms with Gasteiger partial charge in [-0.05, 0) is 41.9 Å². The van der Waals surface area contributed by atoms with E-state index >= 15 is 0 Å². The zero-order valence-corrected chi connectivity index (χ0v) is 20.2. The highest BCUT2D eigenvalue weighted by Crippen LogP contribution is 2.30. The highest BCUT2D eigenvalue weighted by atomic mass is 32.1. The molecular formula is C24H31N7O2S. The van der Waals surface area contributed by atoms with E-state index in [4.69, 9.17) is 0 Å². The van der Waals surface area contributed by atoms with Gasteiger partial charge in [-0.3, -0.25) is 9.69 Å². The molecule has 0 unspecified atom stereocenters. The molecule has 1 saturated heterocycles. The van der Waals surface area contributed by atoms with Crippen molar-refractivity contribution >= 4 is 39.3 Å². The maximum absolute atomic E-state index is 11.6. The van der Waals surface area contributed by atoms with Crippen LogP contribution in [0, 0.1) is 0 Å². The molecule has 1 atom stereocenters. The first-order chi connectivity index (χ1) is 16.6. The average molecular weight is 482 g/mol. The number of likely N-dealkylation sites (tertiary alicyclic amines) is 1. The molecule has 0 bridgehead atoms. The van der Waals surface area contributed by atoms with Crippen molar-refractivity contribution in [2.75, 3.05) is 43.4 Å². The zero-order chi connectivity index (χ0) is 23.5. The SMILES string of the molecule is CC(=O)N1CCC(Nc2ncnc3c(NC[C@H](O)CN4CCc5ccccc5C4)nsc23)CC1. The van der Waals surface area contributed by atoms with Crippen LogP contribution in [0.4, 0.5) is 11.6 Å². The molecule has 1 aromatic carbocycles. The highest BCUT2D eigenvalue weighted by Gasteiger charge is 2.23. The van der Waals surface area contributed by atoms with Gasteiger partial charge in [-0.25, -0.2) is 9.97 Å². The third-order valence-corrected chi connectivity index (χ3v) is 7.56. The number of piperidine rings is 1. The molecule has 3 aromatic rings. The Hall–Kier alpha value is -2.82. The number of aliphatic hydroxyl groups excluding tert-OH is 1. The highest BCUT2D eigenvalue weighted by molar-refractivity contribution is 7.14. The van der Waals surface area contributed by atoms with Crippen molar-refractivity contribution in [2.45, 2.75) is 44.9 Å². The van der Waals surface area contributed by atoms with E-state index in [1.54, 1.807) is 13.3 Å². The van der Waals surface area contributed by atoms with E-state index in [0.29, 0.717) is 18.9 Å². The van der Waals surface area contributed by atoms with Crippen LogP contribution in [0.3, 0.4) is 0 Å². The molecule has 180 valence electrons. The number of nitrogens with zero attached hydrogens (tertiary/aromatic N) is 5. The molecule has 34 heavy (non-hydrogen) atoms. The van der Waals surface area contributed by atoms with E-state index in [-0.39, 0.29) is 11.9 Å². The minimum atomic E-state index is -0.507.